The van der Waals surface area contributed by atoms with Gasteiger partial charge in [-0.3, -0.25) is 0 Å². The van der Waals surface area contributed by atoms with Crippen molar-refractivity contribution in [1.82, 2.24) is 0 Å². The van der Waals surface area contributed by atoms with Gasteiger partial charge in [0, 0.05) is 11.6 Å². The van der Waals surface area contributed by atoms with E-state index in [1.165, 1.54) is 38.5 Å². The molecule has 0 amide bonds. The fourth-order valence-electron chi connectivity index (χ4n) is 5.79. The van der Waals surface area contributed by atoms with E-state index in [1.54, 1.807) is 6.07 Å². The fourth-order valence-corrected chi connectivity index (χ4v) is 5.79. The molecule has 20 heavy (non-hydrogen) atoms. The van der Waals surface area contributed by atoms with Crippen LogP contribution >= 0.6 is 0 Å². The summed E-state index contributed by atoms with van der Waals surface area (Å²) in [5, 5.41) is 0. The highest BCUT2D eigenvalue weighted by molar-refractivity contribution is 5.29. The zero-order valence-corrected chi connectivity index (χ0v) is 12.2. The molecule has 0 radical (unpaired) electrons. The van der Waals surface area contributed by atoms with Crippen LogP contribution < -0.4 is 5.73 Å². The van der Waals surface area contributed by atoms with Gasteiger partial charge in [-0.15, -0.1) is 0 Å². The van der Waals surface area contributed by atoms with E-state index in [-0.39, 0.29) is 17.3 Å². The van der Waals surface area contributed by atoms with Gasteiger partial charge in [0.05, 0.1) is 0 Å². The van der Waals surface area contributed by atoms with Crippen LogP contribution in [-0.2, 0) is 0 Å². The van der Waals surface area contributed by atoms with Crippen LogP contribution in [0.2, 0.25) is 0 Å². The molecular formula is C18H24FN. The Balaban J connectivity index is 1.71. The highest BCUT2D eigenvalue weighted by atomic mass is 19.1. The van der Waals surface area contributed by atoms with Crippen molar-refractivity contribution in [1.29, 1.82) is 0 Å². The molecule has 2 N–H and O–H groups in total. The molecular weight excluding hydrogens is 249 g/mol. The number of halogens is 1. The lowest BCUT2D eigenvalue weighted by molar-refractivity contribution is -0.0682. The smallest absolute Gasteiger partial charge is 0.128 e. The summed E-state index contributed by atoms with van der Waals surface area (Å²) in [4.78, 5) is 0. The molecule has 5 rings (SSSR count). The number of benzene rings is 1. The van der Waals surface area contributed by atoms with Gasteiger partial charge in [0.25, 0.3) is 0 Å². The van der Waals surface area contributed by atoms with Gasteiger partial charge in [-0.2, -0.15) is 0 Å². The highest BCUT2D eigenvalue weighted by Crippen LogP contribution is 2.63. The first kappa shape index (κ1) is 12.8. The summed E-state index contributed by atoms with van der Waals surface area (Å²) in [6.45, 7) is 2.02. The second-order valence-corrected chi connectivity index (χ2v) is 7.78. The summed E-state index contributed by atoms with van der Waals surface area (Å²) in [5.74, 6) is 2.47. The van der Waals surface area contributed by atoms with Crippen LogP contribution in [0.4, 0.5) is 4.39 Å². The minimum Gasteiger partial charge on any atom is -0.323 e. The van der Waals surface area contributed by atoms with Crippen molar-refractivity contribution in [3.8, 4) is 0 Å². The number of hydrogen-bond acceptors (Lipinski definition) is 1. The molecule has 1 unspecified atom stereocenters. The summed E-state index contributed by atoms with van der Waals surface area (Å²) >= 11 is 0. The lowest BCUT2D eigenvalue weighted by Crippen LogP contribution is -2.51. The van der Waals surface area contributed by atoms with E-state index in [0.717, 1.165) is 28.9 Å². The molecule has 1 aromatic rings. The number of nitrogens with two attached hydrogens (primary N) is 1. The normalized spacial score (nSPS) is 40.0. The van der Waals surface area contributed by atoms with Crippen molar-refractivity contribution in [2.24, 2.45) is 28.9 Å². The molecule has 4 bridgehead atoms. The van der Waals surface area contributed by atoms with Crippen molar-refractivity contribution in [3.05, 3.63) is 35.1 Å². The maximum Gasteiger partial charge on any atom is 0.128 e. The van der Waals surface area contributed by atoms with Crippen molar-refractivity contribution in [2.45, 2.75) is 51.5 Å². The zero-order chi connectivity index (χ0) is 13.9. The first-order chi connectivity index (χ1) is 9.56. The lowest BCUT2D eigenvalue weighted by atomic mass is 9.47. The summed E-state index contributed by atoms with van der Waals surface area (Å²) in [6.07, 6.45) is 7.90. The Morgan fingerprint density at radius 2 is 1.65 bits per heavy atom. The minimum atomic E-state index is -0.115. The highest BCUT2D eigenvalue weighted by Gasteiger charge is 2.53. The molecule has 2 heteroatoms. The van der Waals surface area contributed by atoms with Gasteiger partial charge >= 0.3 is 0 Å². The van der Waals surface area contributed by atoms with E-state index in [0.29, 0.717) is 0 Å². The summed E-state index contributed by atoms with van der Waals surface area (Å²) in [7, 11) is 0. The van der Waals surface area contributed by atoms with Crippen LogP contribution in [-0.4, -0.2) is 0 Å². The van der Waals surface area contributed by atoms with Crippen LogP contribution in [0.1, 0.15) is 55.7 Å². The van der Waals surface area contributed by atoms with Crippen LogP contribution in [0.25, 0.3) is 0 Å². The van der Waals surface area contributed by atoms with Crippen molar-refractivity contribution in [3.63, 3.8) is 0 Å². The Morgan fingerprint density at radius 1 is 1.10 bits per heavy atom. The molecule has 108 valence electrons. The minimum absolute atomic E-state index is 0.112. The van der Waals surface area contributed by atoms with E-state index < -0.39 is 0 Å². The number of hydrogen-bond donors (Lipinski definition) is 1. The Morgan fingerprint density at radius 3 is 2.20 bits per heavy atom. The van der Waals surface area contributed by atoms with Crippen LogP contribution in [0.5, 0.6) is 0 Å². The van der Waals surface area contributed by atoms with Gasteiger partial charge in [0.2, 0.25) is 0 Å². The van der Waals surface area contributed by atoms with Crippen molar-refractivity contribution < 1.29 is 4.39 Å². The summed E-state index contributed by atoms with van der Waals surface area (Å²) < 4.78 is 14.2. The molecule has 4 aliphatic carbocycles. The third kappa shape index (κ3) is 1.84. The van der Waals surface area contributed by atoms with Crippen LogP contribution in [0, 0.1) is 35.9 Å². The maximum absolute atomic E-state index is 14.2. The first-order valence-electron chi connectivity index (χ1n) is 8.07. The van der Waals surface area contributed by atoms with Gasteiger partial charge in [-0.1, -0.05) is 17.7 Å². The monoisotopic (exact) mass is 273 g/mol. The first-order valence-corrected chi connectivity index (χ1v) is 8.07. The second-order valence-electron chi connectivity index (χ2n) is 7.78. The predicted octanol–water partition coefficient (Wildman–Crippen LogP) is 4.35. The molecule has 0 aromatic heterocycles. The Bertz CT molecular complexity index is 501. The molecule has 1 aromatic carbocycles. The van der Waals surface area contributed by atoms with E-state index in [4.69, 9.17) is 5.73 Å². The third-order valence-electron chi connectivity index (χ3n) is 6.23. The number of rotatable bonds is 2. The summed E-state index contributed by atoms with van der Waals surface area (Å²) in [5.41, 5.74) is 8.68. The van der Waals surface area contributed by atoms with Gasteiger partial charge in [0.15, 0.2) is 0 Å². The quantitative estimate of drug-likeness (QED) is 0.851. The molecule has 1 atom stereocenters. The molecule has 0 spiro atoms. The van der Waals surface area contributed by atoms with E-state index in [1.807, 2.05) is 19.1 Å². The molecule has 1 nitrogen and oxygen atoms in total. The van der Waals surface area contributed by atoms with E-state index >= 15 is 0 Å². The summed E-state index contributed by atoms with van der Waals surface area (Å²) in [6, 6.07) is 5.28. The topological polar surface area (TPSA) is 26.0 Å². The van der Waals surface area contributed by atoms with Gasteiger partial charge in [0.1, 0.15) is 5.82 Å². The molecule has 0 aliphatic heterocycles. The molecule has 0 saturated heterocycles. The number of aryl methyl sites for hydroxylation is 1. The van der Waals surface area contributed by atoms with E-state index in [2.05, 4.69) is 0 Å². The van der Waals surface area contributed by atoms with Gasteiger partial charge in [-0.05, 0) is 74.7 Å². The maximum atomic E-state index is 14.2. The fraction of sp³-hybridized carbons (Fsp3) is 0.667. The van der Waals surface area contributed by atoms with E-state index in [9.17, 15) is 4.39 Å². The largest absolute Gasteiger partial charge is 0.323 e. The third-order valence-corrected chi connectivity index (χ3v) is 6.23. The van der Waals surface area contributed by atoms with Crippen molar-refractivity contribution in [2.75, 3.05) is 0 Å². The second kappa shape index (κ2) is 4.30. The van der Waals surface area contributed by atoms with Crippen molar-refractivity contribution >= 4 is 0 Å². The molecule has 4 fully saturated rings. The molecule has 4 aliphatic rings. The van der Waals surface area contributed by atoms with Crippen LogP contribution in [0.3, 0.4) is 0 Å². The standard InChI is InChI=1S/C18H24FN/c1-11-2-3-16(19)15(4-11)17(20)18-8-12-5-13(9-18)7-14(6-12)10-18/h2-4,12-14,17H,5-10,20H2,1H3. The van der Waals surface area contributed by atoms with Gasteiger partial charge in [-0.25, -0.2) is 4.39 Å². The zero-order valence-electron chi connectivity index (χ0n) is 12.2. The Labute approximate surface area is 120 Å². The SMILES string of the molecule is Cc1ccc(F)c(C(N)C23CC4CC(CC(C4)C2)C3)c1. The Kier molecular flexibility index (Phi) is 2.76. The van der Waals surface area contributed by atoms with Gasteiger partial charge < -0.3 is 5.73 Å². The Hall–Kier alpha value is -0.890. The van der Waals surface area contributed by atoms with Crippen LogP contribution in [0.15, 0.2) is 18.2 Å². The molecule has 0 heterocycles. The predicted molar refractivity (Wildman–Crippen MR) is 78.7 cm³/mol. The molecule has 4 saturated carbocycles. The average molecular weight is 273 g/mol. The lowest BCUT2D eigenvalue weighted by Gasteiger charge is -2.59. The average Bonchev–Trinajstić information content (AvgIpc) is 2.39.